The van der Waals surface area contributed by atoms with Gasteiger partial charge in [-0.05, 0) is 45.2 Å². The number of hydrogen-bond donors (Lipinski definition) is 1. The molecule has 0 radical (unpaired) electrons. The highest BCUT2D eigenvalue weighted by Crippen LogP contribution is 2.30. The smallest absolute Gasteiger partial charge is 0.0493 e. The van der Waals surface area contributed by atoms with Crippen molar-refractivity contribution in [3.05, 3.63) is 35.4 Å². The van der Waals surface area contributed by atoms with Crippen molar-refractivity contribution in [2.75, 3.05) is 13.6 Å². The fourth-order valence-corrected chi connectivity index (χ4v) is 3.01. The maximum atomic E-state index is 6.21. The molecule has 1 aliphatic rings. The minimum Gasteiger partial charge on any atom is -0.326 e. The predicted octanol–water partition coefficient (Wildman–Crippen LogP) is 3.12. The van der Waals surface area contributed by atoms with E-state index in [1.54, 1.807) is 0 Å². The molecule has 1 aromatic carbocycles. The molecule has 0 saturated heterocycles. The Bertz CT molecular complexity index is 382. The first kappa shape index (κ1) is 13.6. The zero-order chi connectivity index (χ0) is 13.1. The van der Waals surface area contributed by atoms with Crippen molar-refractivity contribution in [3.63, 3.8) is 0 Å². The van der Waals surface area contributed by atoms with Crippen LogP contribution in [0.5, 0.6) is 0 Å². The highest BCUT2D eigenvalue weighted by atomic mass is 15.1. The fourth-order valence-electron chi connectivity index (χ4n) is 3.01. The monoisotopic (exact) mass is 246 g/mol. The van der Waals surface area contributed by atoms with Crippen LogP contribution in [0.25, 0.3) is 0 Å². The van der Waals surface area contributed by atoms with Crippen LogP contribution in [0, 0.1) is 12.8 Å². The van der Waals surface area contributed by atoms with E-state index >= 15 is 0 Å². The first-order chi connectivity index (χ1) is 8.58. The average Bonchev–Trinajstić information content (AvgIpc) is 2.23. The molecular weight excluding hydrogens is 220 g/mol. The van der Waals surface area contributed by atoms with Gasteiger partial charge in [-0.2, -0.15) is 0 Å². The Hall–Kier alpha value is -0.860. The first-order valence-corrected chi connectivity index (χ1v) is 7.10. The van der Waals surface area contributed by atoms with Gasteiger partial charge in [0.25, 0.3) is 0 Å². The maximum absolute atomic E-state index is 6.21. The van der Waals surface area contributed by atoms with Crippen LogP contribution in [0.4, 0.5) is 0 Å². The third-order valence-corrected chi connectivity index (χ3v) is 4.13. The largest absolute Gasteiger partial charge is 0.326 e. The quantitative estimate of drug-likeness (QED) is 0.865. The highest BCUT2D eigenvalue weighted by molar-refractivity contribution is 5.26. The molecule has 18 heavy (non-hydrogen) atoms. The molecule has 0 aromatic heterocycles. The van der Waals surface area contributed by atoms with Gasteiger partial charge in [0, 0.05) is 18.6 Å². The van der Waals surface area contributed by atoms with Gasteiger partial charge in [-0.15, -0.1) is 0 Å². The third kappa shape index (κ3) is 3.12. The van der Waals surface area contributed by atoms with Crippen LogP contribution in [0.15, 0.2) is 24.3 Å². The van der Waals surface area contributed by atoms with Gasteiger partial charge < -0.3 is 5.73 Å². The van der Waals surface area contributed by atoms with Crippen molar-refractivity contribution in [2.45, 2.75) is 45.2 Å². The molecule has 1 aromatic rings. The van der Waals surface area contributed by atoms with E-state index in [-0.39, 0.29) is 6.04 Å². The van der Waals surface area contributed by atoms with Crippen LogP contribution >= 0.6 is 0 Å². The highest BCUT2D eigenvalue weighted by Gasteiger charge is 2.26. The van der Waals surface area contributed by atoms with Crippen molar-refractivity contribution >= 4 is 0 Å². The molecule has 2 unspecified atom stereocenters. The Labute approximate surface area is 111 Å². The number of nitrogens with two attached hydrogens (primary N) is 1. The van der Waals surface area contributed by atoms with E-state index in [0.29, 0.717) is 6.04 Å². The van der Waals surface area contributed by atoms with Gasteiger partial charge in [-0.1, -0.05) is 36.2 Å². The molecule has 2 atom stereocenters. The van der Waals surface area contributed by atoms with Gasteiger partial charge in [-0.25, -0.2) is 0 Å². The Morgan fingerprint density at radius 1 is 1.39 bits per heavy atom. The van der Waals surface area contributed by atoms with E-state index < -0.39 is 0 Å². The molecule has 2 rings (SSSR count). The summed E-state index contributed by atoms with van der Waals surface area (Å²) in [4.78, 5) is 2.45. The summed E-state index contributed by atoms with van der Waals surface area (Å²) in [6.07, 6.45) is 4.19. The summed E-state index contributed by atoms with van der Waals surface area (Å²) in [6, 6.07) is 9.26. The van der Waals surface area contributed by atoms with Gasteiger partial charge in [0.2, 0.25) is 0 Å². The Morgan fingerprint density at radius 2 is 2.11 bits per heavy atom. The number of hydrogen-bond acceptors (Lipinski definition) is 2. The lowest BCUT2D eigenvalue weighted by Gasteiger charge is -2.37. The van der Waals surface area contributed by atoms with Crippen molar-refractivity contribution in [2.24, 2.45) is 11.7 Å². The molecule has 1 fully saturated rings. The molecule has 1 saturated carbocycles. The van der Waals surface area contributed by atoms with Gasteiger partial charge in [0.15, 0.2) is 0 Å². The molecule has 0 spiro atoms. The van der Waals surface area contributed by atoms with Crippen LogP contribution in [-0.2, 0) is 0 Å². The third-order valence-electron chi connectivity index (χ3n) is 4.13. The van der Waals surface area contributed by atoms with E-state index in [2.05, 4.69) is 50.1 Å². The van der Waals surface area contributed by atoms with Crippen LogP contribution in [0.1, 0.15) is 43.4 Å². The molecular formula is C16H26N2. The average molecular weight is 246 g/mol. The molecule has 100 valence electrons. The summed E-state index contributed by atoms with van der Waals surface area (Å²) in [5, 5.41) is 0. The number of aryl methyl sites for hydroxylation is 1. The summed E-state index contributed by atoms with van der Waals surface area (Å²) in [6.45, 7) is 5.44. The molecule has 2 N–H and O–H groups in total. The Balaban J connectivity index is 2.11. The molecule has 1 aliphatic carbocycles. The second-order valence-electron chi connectivity index (χ2n) is 5.95. The first-order valence-electron chi connectivity index (χ1n) is 7.10. The number of likely N-dealkylation sites (N-methyl/N-ethyl adjacent to an activating group) is 1. The van der Waals surface area contributed by atoms with E-state index in [1.807, 2.05) is 0 Å². The predicted molar refractivity (Wildman–Crippen MR) is 77.5 cm³/mol. The molecule has 0 bridgehead atoms. The Kier molecular flexibility index (Phi) is 4.41. The van der Waals surface area contributed by atoms with Crippen molar-refractivity contribution < 1.29 is 0 Å². The Morgan fingerprint density at radius 3 is 2.61 bits per heavy atom. The van der Waals surface area contributed by atoms with Crippen molar-refractivity contribution in [1.82, 2.24) is 4.90 Å². The number of rotatable bonds is 5. The van der Waals surface area contributed by atoms with Crippen LogP contribution in [0.2, 0.25) is 0 Å². The molecule has 0 heterocycles. The number of nitrogens with zero attached hydrogens (tertiary/aromatic N) is 1. The molecule has 2 heteroatoms. The van der Waals surface area contributed by atoms with Gasteiger partial charge in [0.1, 0.15) is 0 Å². The second kappa shape index (κ2) is 5.85. The molecule has 2 nitrogen and oxygen atoms in total. The van der Waals surface area contributed by atoms with E-state index in [9.17, 15) is 0 Å². The lowest BCUT2D eigenvalue weighted by molar-refractivity contribution is 0.149. The van der Waals surface area contributed by atoms with Crippen molar-refractivity contribution in [1.29, 1.82) is 0 Å². The fraction of sp³-hybridized carbons (Fsp3) is 0.625. The summed E-state index contributed by atoms with van der Waals surface area (Å²) >= 11 is 0. The normalized spacial score (nSPS) is 19.6. The summed E-state index contributed by atoms with van der Waals surface area (Å²) in [7, 11) is 2.22. The van der Waals surface area contributed by atoms with Crippen molar-refractivity contribution in [3.8, 4) is 0 Å². The topological polar surface area (TPSA) is 29.3 Å². The minimum atomic E-state index is 0.164. The SMILES string of the molecule is Cc1cccc(C(C(C)N)N(C)CC2CCC2)c1. The molecule has 0 aliphatic heterocycles. The van der Waals surface area contributed by atoms with Crippen LogP contribution in [-0.4, -0.2) is 24.5 Å². The standard InChI is InChI=1S/C16H26N2/c1-12-6-4-9-15(10-12)16(13(2)17)18(3)11-14-7-5-8-14/h4,6,9-10,13-14,16H,5,7-8,11,17H2,1-3H3. The lowest BCUT2D eigenvalue weighted by atomic mass is 9.84. The number of benzene rings is 1. The van der Waals surface area contributed by atoms with Gasteiger partial charge in [0.05, 0.1) is 0 Å². The molecule has 0 amide bonds. The summed E-state index contributed by atoms with van der Waals surface area (Å²) in [5.41, 5.74) is 8.88. The van der Waals surface area contributed by atoms with E-state index in [4.69, 9.17) is 5.73 Å². The zero-order valence-electron chi connectivity index (χ0n) is 11.9. The van der Waals surface area contributed by atoms with Gasteiger partial charge in [-0.3, -0.25) is 4.90 Å². The lowest BCUT2D eigenvalue weighted by Crippen LogP contribution is -2.40. The van der Waals surface area contributed by atoms with Crippen LogP contribution in [0.3, 0.4) is 0 Å². The van der Waals surface area contributed by atoms with E-state index in [1.165, 1.54) is 36.9 Å². The summed E-state index contributed by atoms with van der Waals surface area (Å²) in [5.74, 6) is 0.890. The van der Waals surface area contributed by atoms with E-state index in [0.717, 1.165) is 5.92 Å². The zero-order valence-corrected chi connectivity index (χ0v) is 11.9. The maximum Gasteiger partial charge on any atom is 0.0493 e. The van der Waals surface area contributed by atoms with Crippen LogP contribution < -0.4 is 5.73 Å². The summed E-state index contributed by atoms with van der Waals surface area (Å²) < 4.78 is 0. The minimum absolute atomic E-state index is 0.164. The second-order valence-corrected chi connectivity index (χ2v) is 5.95. The van der Waals surface area contributed by atoms with Gasteiger partial charge >= 0.3 is 0 Å².